The quantitative estimate of drug-likeness (QED) is 0.784. The van der Waals surface area contributed by atoms with E-state index in [9.17, 15) is 14.7 Å². The molecule has 1 N–H and O–H groups in total. The Bertz CT molecular complexity index is 657. The molecule has 1 amide bonds. The molecule has 2 aliphatic rings. The average molecular weight is 380 g/mol. The molecule has 0 spiro atoms. The minimum atomic E-state index is -0.865. The Hall–Kier alpha value is -1.63. The van der Waals surface area contributed by atoms with Gasteiger partial charge in [-0.25, -0.2) is 0 Å². The molecule has 1 heterocycles. The Morgan fingerprint density at radius 2 is 1.96 bits per heavy atom. The first-order valence-corrected chi connectivity index (χ1v) is 9.55. The van der Waals surface area contributed by atoms with Crippen LogP contribution >= 0.6 is 11.6 Å². The first kappa shape index (κ1) is 19.1. The number of amides is 1. The molecular weight excluding hydrogens is 354 g/mol. The molecule has 0 bridgehead atoms. The first-order valence-electron chi connectivity index (χ1n) is 9.17. The maximum absolute atomic E-state index is 12.6. The highest BCUT2D eigenvalue weighted by Gasteiger charge is 2.37. The lowest BCUT2D eigenvalue weighted by molar-refractivity contribution is -0.144. The predicted molar refractivity (Wildman–Crippen MR) is 100 cm³/mol. The molecule has 1 aromatic rings. The van der Waals surface area contributed by atoms with Gasteiger partial charge in [-0.3, -0.25) is 19.4 Å². The monoisotopic (exact) mass is 379 g/mol. The number of carbonyl (C=O) groups excluding carboxylic acids is 1. The second-order valence-electron chi connectivity index (χ2n) is 7.20. The standard InChI is InChI=1S/C19H26ClN3O3/c1-14(19(25)26)23(17-5-6-17)13-18(24)22-9-7-21(8-10-22)12-15-3-2-4-16(20)11-15/h2-4,11,14,17H,5-10,12-13H2,1H3,(H,25,26). The van der Waals surface area contributed by atoms with Crippen molar-refractivity contribution >= 4 is 23.5 Å². The maximum Gasteiger partial charge on any atom is 0.320 e. The largest absolute Gasteiger partial charge is 0.480 e. The van der Waals surface area contributed by atoms with Gasteiger partial charge in [-0.2, -0.15) is 0 Å². The van der Waals surface area contributed by atoms with Crippen molar-refractivity contribution < 1.29 is 14.7 Å². The van der Waals surface area contributed by atoms with Gasteiger partial charge in [-0.1, -0.05) is 23.7 Å². The van der Waals surface area contributed by atoms with Crippen molar-refractivity contribution in [1.29, 1.82) is 0 Å². The van der Waals surface area contributed by atoms with Crippen LogP contribution in [0.25, 0.3) is 0 Å². The molecule has 1 unspecified atom stereocenters. The lowest BCUT2D eigenvalue weighted by atomic mass is 10.2. The summed E-state index contributed by atoms with van der Waals surface area (Å²) >= 11 is 6.04. The van der Waals surface area contributed by atoms with Crippen molar-refractivity contribution in [3.63, 3.8) is 0 Å². The Kier molecular flexibility index (Phi) is 6.16. The summed E-state index contributed by atoms with van der Waals surface area (Å²) in [7, 11) is 0. The summed E-state index contributed by atoms with van der Waals surface area (Å²) < 4.78 is 0. The molecule has 1 aliphatic heterocycles. The first-order chi connectivity index (χ1) is 12.4. The number of carboxylic acid groups (broad SMARTS) is 1. The molecule has 0 radical (unpaired) electrons. The highest BCUT2D eigenvalue weighted by molar-refractivity contribution is 6.30. The van der Waals surface area contributed by atoms with Gasteiger partial charge in [0.05, 0.1) is 6.54 Å². The van der Waals surface area contributed by atoms with Gasteiger partial charge in [0.2, 0.25) is 5.91 Å². The van der Waals surface area contributed by atoms with Crippen LogP contribution in [0.15, 0.2) is 24.3 Å². The number of aliphatic carboxylic acids is 1. The summed E-state index contributed by atoms with van der Waals surface area (Å²) in [4.78, 5) is 29.9. The summed E-state index contributed by atoms with van der Waals surface area (Å²) in [6.45, 7) is 5.68. The van der Waals surface area contributed by atoms with E-state index in [1.54, 1.807) is 6.92 Å². The van der Waals surface area contributed by atoms with Crippen LogP contribution in [0.4, 0.5) is 0 Å². The Morgan fingerprint density at radius 1 is 1.27 bits per heavy atom. The molecule has 142 valence electrons. The second-order valence-corrected chi connectivity index (χ2v) is 7.64. The number of carboxylic acids is 1. The van der Waals surface area contributed by atoms with Crippen LogP contribution in [0, 0.1) is 0 Å². The van der Waals surface area contributed by atoms with E-state index < -0.39 is 12.0 Å². The molecule has 2 fully saturated rings. The molecule has 1 saturated heterocycles. The van der Waals surface area contributed by atoms with E-state index in [2.05, 4.69) is 11.0 Å². The highest BCUT2D eigenvalue weighted by atomic mass is 35.5. The minimum absolute atomic E-state index is 0.0346. The zero-order valence-corrected chi connectivity index (χ0v) is 15.9. The molecule has 0 aromatic heterocycles. The molecule has 1 atom stereocenters. The van der Waals surface area contributed by atoms with E-state index >= 15 is 0 Å². The minimum Gasteiger partial charge on any atom is -0.480 e. The van der Waals surface area contributed by atoms with E-state index in [-0.39, 0.29) is 18.5 Å². The molecule has 1 saturated carbocycles. The van der Waals surface area contributed by atoms with Crippen LogP contribution in [0.1, 0.15) is 25.3 Å². The summed E-state index contributed by atoms with van der Waals surface area (Å²) in [5.74, 6) is -0.830. The van der Waals surface area contributed by atoms with Crippen LogP contribution in [0.2, 0.25) is 5.02 Å². The number of halogens is 1. The van der Waals surface area contributed by atoms with Crippen LogP contribution in [0.5, 0.6) is 0 Å². The highest BCUT2D eigenvalue weighted by Crippen LogP contribution is 2.28. The Labute approximate surface area is 159 Å². The van der Waals surface area contributed by atoms with Gasteiger partial charge in [0.25, 0.3) is 0 Å². The topological polar surface area (TPSA) is 64.1 Å². The van der Waals surface area contributed by atoms with Gasteiger partial charge in [0, 0.05) is 43.8 Å². The van der Waals surface area contributed by atoms with Gasteiger partial charge in [0.15, 0.2) is 0 Å². The van der Waals surface area contributed by atoms with E-state index in [0.29, 0.717) is 13.1 Å². The van der Waals surface area contributed by atoms with Crippen molar-refractivity contribution in [1.82, 2.24) is 14.7 Å². The molecule has 1 aliphatic carbocycles. The number of rotatable bonds is 7. The lowest BCUT2D eigenvalue weighted by Crippen LogP contribution is -2.53. The molecule has 1 aromatic carbocycles. The fraction of sp³-hybridized carbons (Fsp3) is 0.579. The van der Waals surface area contributed by atoms with Gasteiger partial charge in [0.1, 0.15) is 6.04 Å². The third-order valence-electron chi connectivity index (χ3n) is 5.21. The zero-order valence-electron chi connectivity index (χ0n) is 15.1. The SMILES string of the molecule is CC(C(=O)O)N(CC(=O)N1CCN(Cc2cccc(Cl)c2)CC1)C1CC1. The van der Waals surface area contributed by atoms with E-state index in [1.165, 1.54) is 5.56 Å². The Balaban J connectivity index is 1.49. The number of piperazine rings is 1. The van der Waals surface area contributed by atoms with Crippen molar-refractivity contribution in [3.8, 4) is 0 Å². The zero-order chi connectivity index (χ0) is 18.7. The average Bonchev–Trinajstić information content (AvgIpc) is 3.44. The number of hydrogen-bond donors (Lipinski definition) is 1. The fourth-order valence-corrected chi connectivity index (χ4v) is 3.65. The summed E-state index contributed by atoms with van der Waals surface area (Å²) in [6.07, 6.45) is 1.97. The van der Waals surface area contributed by atoms with Gasteiger partial charge >= 0.3 is 5.97 Å². The van der Waals surface area contributed by atoms with E-state index in [1.807, 2.05) is 28.0 Å². The summed E-state index contributed by atoms with van der Waals surface area (Å²) in [6, 6.07) is 7.48. The van der Waals surface area contributed by atoms with Crippen LogP contribution in [0.3, 0.4) is 0 Å². The fourth-order valence-electron chi connectivity index (χ4n) is 3.44. The molecule has 3 rings (SSSR count). The van der Waals surface area contributed by atoms with Crippen molar-refractivity contribution in [2.45, 2.75) is 38.4 Å². The number of nitrogens with zero attached hydrogens (tertiary/aromatic N) is 3. The molecular formula is C19H26ClN3O3. The van der Waals surface area contributed by atoms with Crippen molar-refractivity contribution in [2.75, 3.05) is 32.7 Å². The van der Waals surface area contributed by atoms with E-state index in [4.69, 9.17) is 11.6 Å². The van der Waals surface area contributed by atoms with Crippen LogP contribution in [-0.4, -0.2) is 76.5 Å². The van der Waals surface area contributed by atoms with Gasteiger partial charge in [-0.15, -0.1) is 0 Å². The third kappa shape index (κ3) is 4.96. The molecule has 6 nitrogen and oxygen atoms in total. The third-order valence-corrected chi connectivity index (χ3v) is 5.44. The normalized spacial score (nSPS) is 19.6. The van der Waals surface area contributed by atoms with Crippen LogP contribution in [-0.2, 0) is 16.1 Å². The predicted octanol–water partition coefficient (Wildman–Crippen LogP) is 1.92. The second kappa shape index (κ2) is 8.37. The summed E-state index contributed by atoms with van der Waals surface area (Å²) in [5.41, 5.74) is 1.17. The Morgan fingerprint density at radius 3 is 2.54 bits per heavy atom. The number of benzene rings is 1. The van der Waals surface area contributed by atoms with Gasteiger partial charge < -0.3 is 10.0 Å². The number of carbonyl (C=O) groups is 2. The number of hydrogen-bond acceptors (Lipinski definition) is 4. The van der Waals surface area contributed by atoms with E-state index in [0.717, 1.165) is 37.5 Å². The maximum atomic E-state index is 12.6. The van der Waals surface area contributed by atoms with Crippen LogP contribution < -0.4 is 0 Å². The molecule has 26 heavy (non-hydrogen) atoms. The molecule has 7 heteroatoms. The summed E-state index contributed by atoms with van der Waals surface area (Å²) in [5, 5.41) is 10.0. The van der Waals surface area contributed by atoms with Gasteiger partial charge in [-0.05, 0) is 37.5 Å². The lowest BCUT2D eigenvalue weighted by Gasteiger charge is -2.36. The van der Waals surface area contributed by atoms with Crippen molar-refractivity contribution in [3.05, 3.63) is 34.9 Å². The smallest absolute Gasteiger partial charge is 0.320 e. The van der Waals surface area contributed by atoms with Crippen molar-refractivity contribution in [2.24, 2.45) is 0 Å².